The van der Waals surface area contributed by atoms with Crippen molar-refractivity contribution in [3.05, 3.63) is 24.3 Å². The van der Waals surface area contributed by atoms with E-state index in [4.69, 9.17) is 10.6 Å². The lowest BCUT2D eigenvalue weighted by molar-refractivity contribution is 0.411. The van der Waals surface area contributed by atoms with Gasteiger partial charge >= 0.3 is 8.25 Å². The molecule has 3 N–H and O–H groups in total. The second-order valence-corrected chi connectivity index (χ2v) is 2.53. The van der Waals surface area contributed by atoms with Crippen LogP contribution in [0, 0.1) is 0 Å². The van der Waals surface area contributed by atoms with Crippen LogP contribution in [0.15, 0.2) is 24.3 Å². The Kier molecular flexibility index (Phi) is 2.41. The first-order valence-electron chi connectivity index (χ1n) is 2.89. The minimum Gasteiger partial charge on any atom is -0.396 e. The van der Waals surface area contributed by atoms with Crippen molar-refractivity contribution in [1.82, 2.24) is 0 Å². The quantitative estimate of drug-likeness (QED) is 0.520. The van der Waals surface area contributed by atoms with Gasteiger partial charge in [-0.3, -0.25) is 0 Å². The maximum Gasteiger partial charge on any atom is 0.747 e. The summed E-state index contributed by atoms with van der Waals surface area (Å²) in [5.74, 6) is 0.233. The first-order valence-corrected chi connectivity index (χ1v) is 4.02. The molecule has 1 rings (SSSR count). The van der Waals surface area contributed by atoms with Crippen molar-refractivity contribution in [3.8, 4) is 5.75 Å². The Labute approximate surface area is 64.6 Å². The van der Waals surface area contributed by atoms with Gasteiger partial charge in [0.05, 0.1) is 5.69 Å². The number of anilines is 1. The van der Waals surface area contributed by atoms with Gasteiger partial charge in [0, 0.05) is 4.57 Å². The van der Waals surface area contributed by atoms with Gasteiger partial charge in [0.15, 0.2) is 0 Å². The maximum atomic E-state index is 10.2. The molecule has 0 aliphatic rings. The summed E-state index contributed by atoms with van der Waals surface area (Å²) in [5, 5.41) is 0. The summed E-state index contributed by atoms with van der Waals surface area (Å²) in [5.41, 5.74) is 5.76. The fourth-order valence-corrected chi connectivity index (χ4v) is 0.982. The molecule has 0 spiro atoms. The number of hydrogen-bond acceptors (Lipinski definition) is 3. The molecule has 5 heteroatoms. The highest BCUT2D eigenvalue weighted by molar-refractivity contribution is 7.32. The molecule has 0 bridgehead atoms. The fraction of sp³-hybridized carbons (Fsp3) is 0. The molecule has 0 aromatic heterocycles. The molecular weight excluding hydrogens is 165 g/mol. The minimum atomic E-state index is -2.62. The Bertz CT molecular complexity index is 276. The van der Waals surface area contributed by atoms with Crippen LogP contribution >= 0.6 is 8.25 Å². The first-order chi connectivity index (χ1) is 5.20. The van der Waals surface area contributed by atoms with Gasteiger partial charge in [-0.15, -0.1) is 4.89 Å². The van der Waals surface area contributed by atoms with Crippen molar-refractivity contribution in [1.29, 1.82) is 0 Å². The summed E-state index contributed by atoms with van der Waals surface area (Å²) in [6.45, 7) is 0. The minimum absolute atomic E-state index is 0.233. The summed E-state index contributed by atoms with van der Waals surface area (Å²) in [6.07, 6.45) is 0. The summed E-state index contributed by atoms with van der Waals surface area (Å²) in [6, 6.07) is 6.50. The average Bonchev–Trinajstić information content (AvgIpc) is 1.93. The van der Waals surface area contributed by atoms with E-state index in [0.717, 1.165) is 0 Å². The topological polar surface area (TPSA) is 72.5 Å². The Morgan fingerprint density at radius 2 is 2.09 bits per heavy atom. The van der Waals surface area contributed by atoms with E-state index in [9.17, 15) is 4.57 Å². The zero-order valence-electron chi connectivity index (χ0n) is 5.60. The van der Waals surface area contributed by atoms with Gasteiger partial charge in [-0.1, -0.05) is 12.1 Å². The Morgan fingerprint density at radius 1 is 1.45 bits per heavy atom. The van der Waals surface area contributed by atoms with E-state index in [1.807, 2.05) is 0 Å². The Morgan fingerprint density at radius 3 is 2.64 bits per heavy atom. The number of benzene rings is 1. The van der Waals surface area contributed by atoms with E-state index in [1.165, 1.54) is 6.07 Å². The van der Waals surface area contributed by atoms with Crippen LogP contribution in [0.4, 0.5) is 5.69 Å². The van der Waals surface area contributed by atoms with Gasteiger partial charge < -0.3 is 5.73 Å². The predicted octanol–water partition coefficient (Wildman–Crippen LogP) is 1.30. The molecule has 11 heavy (non-hydrogen) atoms. The average molecular weight is 172 g/mol. The van der Waals surface area contributed by atoms with Gasteiger partial charge in [0.25, 0.3) is 0 Å². The predicted molar refractivity (Wildman–Crippen MR) is 41.3 cm³/mol. The number of hydrogen-bond donors (Lipinski definition) is 2. The van der Waals surface area contributed by atoms with Crippen LogP contribution in [0.1, 0.15) is 0 Å². The summed E-state index contributed by atoms with van der Waals surface area (Å²) < 4.78 is 14.7. The van der Waals surface area contributed by atoms with Crippen molar-refractivity contribution in [2.75, 3.05) is 5.73 Å². The van der Waals surface area contributed by atoms with Gasteiger partial charge in [-0.25, -0.2) is 4.52 Å². The molecule has 0 saturated heterocycles. The lowest BCUT2D eigenvalue weighted by atomic mass is 10.3. The molecule has 0 fully saturated rings. The van der Waals surface area contributed by atoms with Crippen LogP contribution in [0.5, 0.6) is 5.75 Å². The maximum absolute atomic E-state index is 10.2. The summed E-state index contributed by atoms with van der Waals surface area (Å²) in [7, 11) is -2.62. The molecule has 0 amide bonds. The smallest absolute Gasteiger partial charge is 0.396 e. The molecule has 1 aromatic rings. The lowest BCUT2D eigenvalue weighted by Gasteiger charge is -1.94. The third-order valence-corrected chi connectivity index (χ3v) is 1.45. The third kappa shape index (κ3) is 2.18. The van der Waals surface area contributed by atoms with E-state index >= 15 is 0 Å². The SMILES string of the molecule is Nc1ccccc1O[P+](=O)O. The molecule has 0 aliphatic carbocycles. The van der Waals surface area contributed by atoms with Gasteiger partial charge in [0.2, 0.25) is 5.75 Å². The van der Waals surface area contributed by atoms with Crippen LogP contribution in [0.2, 0.25) is 0 Å². The van der Waals surface area contributed by atoms with Crippen molar-refractivity contribution < 1.29 is 14.0 Å². The second-order valence-electron chi connectivity index (χ2n) is 1.87. The van der Waals surface area contributed by atoms with E-state index < -0.39 is 8.25 Å². The van der Waals surface area contributed by atoms with E-state index in [-0.39, 0.29) is 5.75 Å². The van der Waals surface area contributed by atoms with Crippen LogP contribution in [0.3, 0.4) is 0 Å². The molecule has 58 valence electrons. The molecule has 1 atom stereocenters. The number of para-hydroxylation sites is 2. The van der Waals surface area contributed by atoms with Crippen molar-refractivity contribution in [2.45, 2.75) is 0 Å². The molecular formula is C6H7NO3P+. The van der Waals surface area contributed by atoms with Gasteiger partial charge in [-0.05, 0) is 12.1 Å². The van der Waals surface area contributed by atoms with E-state index in [1.54, 1.807) is 18.2 Å². The standard InChI is InChI=1S/C6H6NO3P/c7-5-3-1-2-4-6(5)10-11(8)9/h1-4H,7H2/p+1. The molecule has 0 heterocycles. The molecule has 0 saturated carbocycles. The second kappa shape index (κ2) is 3.32. The van der Waals surface area contributed by atoms with Crippen LogP contribution < -0.4 is 10.3 Å². The number of nitrogens with two attached hydrogens (primary N) is 1. The van der Waals surface area contributed by atoms with Crippen LogP contribution in [-0.2, 0) is 4.57 Å². The van der Waals surface area contributed by atoms with Crippen molar-refractivity contribution in [3.63, 3.8) is 0 Å². The molecule has 4 nitrogen and oxygen atoms in total. The van der Waals surface area contributed by atoms with Gasteiger partial charge in [-0.2, -0.15) is 0 Å². The van der Waals surface area contributed by atoms with Crippen molar-refractivity contribution in [2.24, 2.45) is 0 Å². The zero-order valence-corrected chi connectivity index (χ0v) is 6.49. The Balaban J connectivity index is 2.86. The fourth-order valence-electron chi connectivity index (χ4n) is 0.648. The van der Waals surface area contributed by atoms with E-state index in [2.05, 4.69) is 4.52 Å². The highest BCUT2D eigenvalue weighted by Gasteiger charge is 2.15. The summed E-state index contributed by atoms with van der Waals surface area (Å²) in [4.78, 5) is 8.36. The van der Waals surface area contributed by atoms with Crippen LogP contribution in [-0.4, -0.2) is 4.89 Å². The number of rotatable bonds is 2. The van der Waals surface area contributed by atoms with Crippen molar-refractivity contribution >= 4 is 13.9 Å². The van der Waals surface area contributed by atoms with Gasteiger partial charge in [0.1, 0.15) is 0 Å². The monoisotopic (exact) mass is 172 g/mol. The number of nitrogen functional groups attached to an aromatic ring is 1. The molecule has 0 aliphatic heterocycles. The normalized spacial score (nSPS) is 10.8. The Hall–Kier alpha value is -1.12. The van der Waals surface area contributed by atoms with Crippen LogP contribution in [0.25, 0.3) is 0 Å². The zero-order chi connectivity index (χ0) is 8.27. The lowest BCUT2D eigenvalue weighted by Crippen LogP contribution is -1.88. The largest absolute Gasteiger partial charge is 0.747 e. The first kappa shape index (κ1) is 7.98. The molecule has 1 aromatic carbocycles. The molecule has 0 radical (unpaired) electrons. The summed E-state index contributed by atoms with van der Waals surface area (Å²) >= 11 is 0. The highest BCUT2D eigenvalue weighted by atomic mass is 31.1. The highest BCUT2D eigenvalue weighted by Crippen LogP contribution is 2.27. The van der Waals surface area contributed by atoms with E-state index in [0.29, 0.717) is 5.69 Å². The third-order valence-electron chi connectivity index (χ3n) is 1.10. The molecule has 1 unspecified atom stereocenters.